The fourth-order valence-corrected chi connectivity index (χ4v) is 6.01. The third-order valence-electron chi connectivity index (χ3n) is 8.43. The zero-order chi connectivity index (χ0) is 27.3. The van der Waals surface area contributed by atoms with Crippen LogP contribution in [0.3, 0.4) is 0 Å². The molecule has 9 heteroatoms. The first kappa shape index (κ1) is 25.0. The number of para-hydroxylation sites is 1. The number of likely N-dealkylation sites (tertiary alicyclic amines) is 1. The zero-order valence-corrected chi connectivity index (χ0v) is 22.8. The summed E-state index contributed by atoms with van der Waals surface area (Å²) in [6, 6.07) is 12.0. The number of pyridine rings is 2. The van der Waals surface area contributed by atoms with E-state index in [1.807, 2.05) is 38.2 Å². The summed E-state index contributed by atoms with van der Waals surface area (Å²) in [5.74, 6) is 2.54. The number of piperidine rings is 1. The van der Waals surface area contributed by atoms with E-state index in [9.17, 15) is 0 Å². The molecule has 6 heterocycles. The molecule has 7 rings (SSSR count). The molecule has 3 aliphatic rings. The highest BCUT2D eigenvalue weighted by molar-refractivity contribution is 5.78. The molecule has 1 unspecified atom stereocenters. The molecule has 0 spiro atoms. The fourth-order valence-electron chi connectivity index (χ4n) is 6.01. The number of hydrogen-bond donors (Lipinski definition) is 0. The molecule has 0 amide bonds. The van der Waals surface area contributed by atoms with E-state index in [1.165, 1.54) is 5.56 Å². The van der Waals surface area contributed by atoms with E-state index in [1.54, 1.807) is 12.3 Å². The lowest BCUT2D eigenvalue weighted by atomic mass is 9.88. The van der Waals surface area contributed by atoms with E-state index in [0.717, 1.165) is 91.7 Å². The van der Waals surface area contributed by atoms with Crippen LogP contribution in [0.4, 0.5) is 5.82 Å². The Kier molecular flexibility index (Phi) is 6.17. The Balaban J connectivity index is 1.07. The highest BCUT2D eigenvalue weighted by atomic mass is 16.7. The summed E-state index contributed by atoms with van der Waals surface area (Å²) in [5.41, 5.74) is 4.88. The maximum Gasteiger partial charge on any atom is 0.277 e. The Hall–Kier alpha value is -4.00. The van der Waals surface area contributed by atoms with Crippen LogP contribution in [-0.4, -0.2) is 50.2 Å². The number of ether oxygens (including phenoxy) is 3. The molecule has 9 nitrogen and oxygen atoms in total. The van der Waals surface area contributed by atoms with Crippen LogP contribution in [0.2, 0.25) is 0 Å². The van der Waals surface area contributed by atoms with Crippen molar-refractivity contribution in [2.45, 2.75) is 64.0 Å². The summed E-state index contributed by atoms with van der Waals surface area (Å²) in [5, 5.41) is 0. The second-order valence-electron chi connectivity index (χ2n) is 11.1. The normalized spacial score (nSPS) is 22.8. The summed E-state index contributed by atoms with van der Waals surface area (Å²) in [7, 11) is 0. The van der Waals surface area contributed by atoms with Crippen LogP contribution >= 0.6 is 0 Å². The van der Waals surface area contributed by atoms with Crippen molar-refractivity contribution >= 4 is 16.9 Å². The third-order valence-corrected chi connectivity index (χ3v) is 8.43. The first-order chi connectivity index (χ1) is 19.5. The van der Waals surface area contributed by atoms with E-state index in [-0.39, 0.29) is 6.10 Å². The fraction of sp³-hybridized carbons (Fsp3) is 0.419. The molecule has 40 heavy (non-hydrogen) atoms. The van der Waals surface area contributed by atoms with Crippen molar-refractivity contribution in [3.8, 4) is 11.5 Å². The van der Waals surface area contributed by atoms with E-state index in [0.29, 0.717) is 11.7 Å². The van der Waals surface area contributed by atoms with Crippen molar-refractivity contribution in [1.29, 1.82) is 0 Å². The standard InChI is InChI=1S/C31H32N6O3/c1-20-7-8-22(16-33-20)31(2)39-27-6-4-5-24(30(27)40-31)21-9-12-36(13-10-21)19-29-35-25-15-28(32-3)34-17-26(25)37(29)18-23-11-14-38-23/h4-8,15-17,21,23H,9-14,18-19H2,1-2H3/t23-,31?/m0/s1. The zero-order valence-electron chi connectivity index (χ0n) is 22.8. The van der Waals surface area contributed by atoms with E-state index >= 15 is 0 Å². The average Bonchev–Trinajstić information content (AvgIpc) is 3.47. The number of benzene rings is 1. The quantitative estimate of drug-likeness (QED) is 0.301. The van der Waals surface area contributed by atoms with Gasteiger partial charge in [0.1, 0.15) is 17.5 Å². The molecule has 204 valence electrons. The molecular weight excluding hydrogens is 504 g/mol. The highest BCUT2D eigenvalue weighted by Crippen LogP contribution is 2.49. The first-order valence-corrected chi connectivity index (χ1v) is 14.0. The molecule has 0 bridgehead atoms. The maximum absolute atomic E-state index is 7.33. The minimum absolute atomic E-state index is 0.214. The van der Waals surface area contributed by atoms with Gasteiger partial charge in [-0.3, -0.25) is 9.88 Å². The van der Waals surface area contributed by atoms with Crippen molar-refractivity contribution < 1.29 is 14.2 Å². The summed E-state index contributed by atoms with van der Waals surface area (Å²) < 4.78 is 20.8. The van der Waals surface area contributed by atoms with Gasteiger partial charge in [0.2, 0.25) is 0 Å². The summed E-state index contributed by atoms with van der Waals surface area (Å²) >= 11 is 0. The summed E-state index contributed by atoms with van der Waals surface area (Å²) in [6.07, 6.45) is 6.94. The SMILES string of the molecule is [C-]#[N+]c1cc2nc(CN3CCC(c4cccc5c4OC(C)(c4ccc(C)nc4)O5)CC3)n(C[C@@H]3CCO3)c2cn1. The van der Waals surface area contributed by atoms with Gasteiger partial charge in [0.15, 0.2) is 11.5 Å². The van der Waals surface area contributed by atoms with Crippen LogP contribution in [0.15, 0.2) is 48.8 Å². The number of aryl methyl sites for hydroxylation is 1. The Morgan fingerprint density at radius 3 is 2.65 bits per heavy atom. The number of nitrogens with zero attached hydrogens (tertiary/aromatic N) is 6. The van der Waals surface area contributed by atoms with Gasteiger partial charge in [0, 0.05) is 31.0 Å². The van der Waals surface area contributed by atoms with Crippen LogP contribution in [0.1, 0.15) is 54.7 Å². The van der Waals surface area contributed by atoms with Crippen LogP contribution in [-0.2, 0) is 23.6 Å². The van der Waals surface area contributed by atoms with Gasteiger partial charge in [-0.15, -0.1) is 4.98 Å². The smallest absolute Gasteiger partial charge is 0.277 e. The number of aromatic nitrogens is 4. The monoisotopic (exact) mass is 536 g/mol. The van der Waals surface area contributed by atoms with Crippen molar-refractivity contribution in [3.05, 3.63) is 82.9 Å². The summed E-state index contributed by atoms with van der Waals surface area (Å²) in [4.78, 5) is 19.7. The van der Waals surface area contributed by atoms with Crippen LogP contribution < -0.4 is 9.47 Å². The van der Waals surface area contributed by atoms with Crippen LogP contribution in [0.5, 0.6) is 11.5 Å². The molecule has 0 aliphatic carbocycles. The topological polar surface area (TPSA) is 78.9 Å². The first-order valence-electron chi connectivity index (χ1n) is 14.0. The lowest BCUT2D eigenvalue weighted by Gasteiger charge is -2.33. The lowest BCUT2D eigenvalue weighted by Crippen LogP contribution is -2.35. The molecule has 2 saturated heterocycles. The van der Waals surface area contributed by atoms with E-state index < -0.39 is 5.79 Å². The predicted octanol–water partition coefficient (Wildman–Crippen LogP) is 5.50. The van der Waals surface area contributed by atoms with Crippen molar-refractivity contribution in [2.24, 2.45) is 0 Å². The molecule has 1 aromatic carbocycles. The Labute approximate surface area is 233 Å². The van der Waals surface area contributed by atoms with Gasteiger partial charge in [0.05, 0.1) is 30.3 Å². The van der Waals surface area contributed by atoms with Crippen LogP contribution in [0, 0.1) is 13.5 Å². The van der Waals surface area contributed by atoms with Gasteiger partial charge in [-0.2, -0.15) is 0 Å². The minimum Gasteiger partial charge on any atom is -0.444 e. The molecule has 3 aliphatic heterocycles. The number of hydrogen-bond acceptors (Lipinski definition) is 7. The number of fused-ring (bicyclic) bond motifs is 2. The van der Waals surface area contributed by atoms with Gasteiger partial charge >= 0.3 is 0 Å². The lowest BCUT2D eigenvalue weighted by molar-refractivity contribution is -0.0688. The van der Waals surface area contributed by atoms with Crippen LogP contribution in [0.25, 0.3) is 15.9 Å². The predicted molar refractivity (Wildman–Crippen MR) is 149 cm³/mol. The minimum atomic E-state index is -0.884. The van der Waals surface area contributed by atoms with Gasteiger partial charge in [-0.25, -0.2) is 4.98 Å². The molecule has 3 aromatic heterocycles. The second kappa shape index (κ2) is 9.88. The van der Waals surface area contributed by atoms with Gasteiger partial charge in [0.25, 0.3) is 11.6 Å². The molecule has 0 radical (unpaired) electrons. The average molecular weight is 537 g/mol. The molecule has 2 fully saturated rings. The highest BCUT2D eigenvalue weighted by Gasteiger charge is 2.41. The van der Waals surface area contributed by atoms with E-state index in [2.05, 4.69) is 36.4 Å². The number of rotatable bonds is 6. The molecule has 2 atom stereocenters. The Morgan fingerprint density at radius 2 is 1.93 bits per heavy atom. The third kappa shape index (κ3) is 4.47. The Bertz CT molecular complexity index is 1600. The molecule has 0 N–H and O–H groups in total. The van der Waals surface area contributed by atoms with Gasteiger partial charge < -0.3 is 23.6 Å². The Morgan fingerprint density at radius 1 is 1.07 bits per heavy atom. The maximum atomic E-state index is 7.33. The van der Waals surface area contributed by atoms with Gasteiger partial charge in [-0.1, -0.05) is 18.7 Å². The largest absolute Gasteiger partial charge is 0.444 e. The number of imidazole rings is 1. The van der Waals surface area contributed by atoms with Crippen molar-refractivity contribution in [2.75, 3.05) is 19.7 Å². The van der Waals surface area contributed by atoms with E-state index in [4.69, 9.17) is 25.8 Å². The van der Waals surface area contributed by atoms with Crippen molar-refractivity contribution in [3.63, 3.8) is 0 Å². The molecule has 4 aromatic rings. The van der Waals surface area contributed by atoms with Gasteiger partial charge in [-0.05, 0) is 69.5 Å². The molecule has 0 saturated carbocycles. The van der Waals surface area contributed by atoms with Crippen molar-refractivity contribution in [1.82, 2.24) is 24.4 Å². The summed E-state index contributed by atoms with van der Waals surface area (Å²) in [6.45, 7) is 15.5. The molecular formula is C31H32N6O3. The second-order valence-corrected chi connectivity index (χ2v) is 11.1.